The Labute approximate surface area is 89.9 Å². The summed E-state index contributed by atoms with van der Waals surface area (Å²) in [5, 5.41) is 24.1. The maximum absolute atomic E-state index is 11.8. The van der Waals surface area contributed by atoms with Crippen LogP contribution in [-0.2, 0) is 4.79 Å². The SMILES string of the molecule is O=C(O)[C@@H]1CC(O)CN1C(=O)c1ncn[nH]1. The number of likely N-dealkylation sites (tertiary alicyclic amines) is 1. The van der Waals surface area contributed by atoms with E-state index >= 15 is 0 Å². The normalized spacial score (nSPS) is 24.7. The molecule has 3 N–H and O–H groups in total. The Balaban J connectivity index is 2.20. The summed E-state index contributed by atoms with van der Waals surface area (Å²) in [5.41, 5.74) is 0. The number of aliphatic hydroxyl groups excluding tert-OH is 1. The summed E-state index contributed by atoms with van der Waals surface area (Å²) in [5.74, 6) is -1.73. The van der Waals surface area contributed by atoms with Crippen LogP contribution in [0.25, 0.3) is 0 Å². The highest BCUT2D eigenvalue weighted by Gasteiger charge is 2.39. The molecule has 2 heterocycles. The molecule has 2 rings (SSSR count). The van der Waals surface area contributed by atoms with E-state index in [9.17, 15) is 14.7 Å². The van der Waals surface area contributed by atoms with Crippen molar-refractivity contribution in [3.63, 3.8) is 0 Å². The fourth-order valence-corrected chi connectivity index (χ4v) is 1.72. The predicted octanol–water partition coefficient (Wildman–Crippen LogP) is -1.54. The molecule has 1 fully saturated rings. The number of aromatic nitrogens is 3. The fraction of sp³-hybridized carbons (Fsp3) is 0.500. The van der Waals surface area contributed by atoms with Gasteiger partial charge in [-0.25, -0.2) is 9.78 Å². The molecule has 1 amide bonds. The molecule has 0 aromatic carbocycles. The topological polar surface area (TPSA) is 119 Å². The van der Waals surface area contributed by atoms with E-state index in [2.05, 4.69) is 15.2 Å². The van der Waals surface area contributed by atoms with Crippen LogP contribution < -0.4 is 0 Å². The minimum absolute atomic E-state index is 0.00347. The Morgan fingerprint density at radius 1 is 1.56 bits per heavy atom. The number of aliphatic carboxylic acids is 1. The quantitative estimate of drug-likeness (QED) is 0.562. The zero-order valence-corrected chi connectivity index (χ0v) is 8.20. The Bertz CT molecular complexity index is 404. The summed E-state index contributed by atoms with van der Waals surface area (Å²) in [6.07, 6.45) is 0.387. The molecule has 1 saturated heterocycles. The summed E-state index contributed by atoms with van der Waals surface area (Å²) in [6, 6.07) is -1.01. The lowest BCUT2D eigenvalue weighted by Crippen LogP contribution is -2.41. The molecular formula is C8H10N4O4. The van der Waals surface area contributed by atoms with Crippen molar-refractivity contribution in [3.05, 3.63) is 12.2 Å². The Kier molecular flexibility index (Phi) is 2.57. The van der Waals surface area contributed by atoms with Crippen molar-refractivity contribution in [2.75, 3.05) is 6.54 Å². The van der Waals surface area contributed by atoms with E-state index in [1.54, 1.807) is 0 Å². The number of aliphatic hydroxyl groups is 1. The molecule has 16 heavy (non-hydrogen) atoms. The molecule has 0 aliphatic carbocycles. The first-order chi connectivity index (χ1) is 7.59. The number of β-amino-alcohol motifs (C(OH)–C–C–N with tert-alkyl or cyclic N) is 1. The average Bonchev–Trinajstić information content (AvgIpc) is 2.84. The summed E-state index contributed by atoms with van der Waals surface area (Å²) in [6.45, 7) is -0.00347. The van der Waals surface area contributed by atoms with Crippen molar-refractivity contribution in [2.45, 2.75) is 18.6 Å². The number of nitrogens with zero attached hydrogens (tertiary/aromatic N) is 3. The molecule has 1 aromatic rings. The van der Waals surface area contributed by atoms with Crippen LogP contribution in [0.1, 0.15) is 17.0 Å². The summed E-state index contributed by atoms with van der Waals surface area (Å²) >= 11 is 0. The number of carboxylic acids is 1. The number of rotatable bonds is 2. The summed E-state index contributed by atoms with van der Waals surface area (Å²) in [4.78, 5) is 27.4. The Hall–Kier alpha value is -1.96. The van der Waals surface area contributed by atoms with E-state index < -0.39 is 24.0 Å². The molecule has 2 atom stereocenters. The summed E-state index contributed by atoms with van der Waals surface area (Å²) < 4.78 is 0. The second-order valence-electron chi connectivity index (χ2n) is 3.54. The van der Waals surface area contributed by atoms with Crippen LogP contribution in [0.4, 0.5) is 0 Å². The molecule has 0 saturated carbocycles. The van der Waals surface area contributed by atoms with Crippen molar-refractivity contribution in [3.8, 4) is 0 Å². The first-order valence-corrected chi connectivity index (χ1v) is 4.67. The molecule has 0 spiro atoms. The fourth-order valence-electron chi connectivity index (χ4n) is 1.72. The number of H-pyrrole nitrogens is 1. The first kappa shape index (κ1) is 10.6. The molecule has 1 aliphatic rings. The number of carbonyl (C=O) groups excluding carboxylic acids is 1. The van der Waals surface area contributed by atoms with Gasteiger partial charge in [0.05, 0.1) is 6.10 Å². The maximum atomic E-state index is 11.8. The van der Waals surface area contributed by atoms with Crippen molar-refractivity contribution in [1.29, 1.82) is 0 Å². The monoisotopic (exact) mass is 226 g/mol. The van der Waals surface area contributed by atoms with E-state index in [1.165, 1.54) is 0 Å². The zero-order valence-electron chi connectivity index (χ0n) is 8.20. The van der Waals surface area contributed by atoms with Crippen LogP contribution in [0.3, 0.4) is 0 Å². The number of hydrogen-bond donors (Lipinski definition) is 3. The largest absolute Gasteiger partial charge is 0.480 e. The second kappa shape index (κ2) is 3.89. The van der Waals surface area contributed by atoms with Gasteiger partial charge in [-0.15, -0.1) is 0 Å². The van der Waals surface area contributed by atoms with Crippen molar-refractivity contribution < 1.29 is 19.8 Å². The zero-order chi connectivity index (χ0) is 11.7. The second-order valence-corrected chi connectivity index (χ2v) is 3.54. The maximum Gasteiger partial charge on any atom is 0.326 e. The lowest BCUT2D eigenvalue weighted by Gasteiger charge is -2.19. The van der Waals surface area contributed by atoms with Crippen LogP contribution in [0.2, 0.25) is 0 Å². The lowest BCUT2D eigenvalue weighted by molar-refractivity contribution is -0.141. The molecular weight excluding hydrogens is 216 g/mol. The molecule has 0 radical (unpaired) electrons. The molecule has 8 heteroatoms. The van der Waals surface area contributed by atoms with Crippen LogP contribution in [0.5, 0.6) is 0 Å². The Morgan fingerprint density at radius 2 is 2.31 bits per heavy atom. The molecule has 1 unspecified atom stereocenters. The predicted molar refractivity (Wildman–Crippen MR) is 49.5 cm³/mol. The van der Waals surface area contributed by atoms with E-state index in [4.69, 9.17) is 5.11 Å². The number of carbonyl (C=O) groups is 2. The highest BCUT2D eigenvalue weighted by molar-refractivity contribution is 5.93. The van der Waals surface area contributed by atoms with Gasteiger partial charge in [-0.3, -0.25) is 9.89 Å². The van der Waals surface area contributed by atoms with Gasteiger partial charge in [0.25, 0.3) is 5.91 Å². The smallest absolute Gasteiger partial charge is 0.326 e. The van der Waals surface area contributed by atoms with Crippen LogP contribution in [-0.4, -0.2) is 60.9 Å². The van der Waals surface area contributed by atoms with Gasteiger partial charge in [-0.1, -0.05) is 0 Å². The standard InChI is InChI=1S/C8H10N4O4/c13-4-1-5(8(15)16)12(2-4)7(14)6-9-3-10-11-6/h3-5,13H,1-2H2,(H,15,16)(H,9,10,11)/t4?,5-/m0/s1. The van der Waals surface area contributed by atoms with E-state index in [1.807, 2.05) is 0 Å². The minimum atomic E-state index is -1.13. The Morgan fingerprint density at radius 3 is 2.88 bits per heavy atom. The average molecular weight is 226 g/mol. The summed E-state index contributed by atoms with van der Waals surface area (Å²) in [7, 11) is 0. The van der Waals surface area contributed by atoms with Gasteiger partial charge in [0, 0.05) is 13.0 Å². The molecule has 8 nitrogen and oxygen atoms in total. The third-order valence-corrected chi connectivity index (χ3v) is 2.44. The third-order valence-electron chi connectivity index (χ3n) is 2.44. The highest BCUT2D eigenvalue weighted by Crippen LogP contribution is 2.19. The van der Waals surface area contributed by atoms with Crippen molar-refractivity contribution >= 4 is 11.9 Å². The number of nitrogens with one attached hydrogen (secondary N) is 1. The molecule has 1 aromatic heterocycles. The van der Waals surface area contributed by atoms with Gasteiger partial charge < -0.3 is 15.1 Å². The van der Waals surface area contributed by atoms with Gasteiger partial charge in [-0.05, 0) is 0 Å². The molecule has 0 bridgehead atoms. The van der Waals surface area contributed by atoms with Crippen LogP contribution in [0, 0.1) is 0 Å². The number of amides is 1. The molecule has 1 aliphatic heterocycles. The van der Waals surface area contributed by atoms with Crippen molar-refractivity contribution in [1.82, 2.24) is 20.1 Å². The van der Waals surface area contributed by atoms with Gasteiger partial charge in [0.2, 0.25) is 5.82 Å². The minimum Gasteiger partial charge on any atom is -0.480 e. The van der Waals surface area contributed by atoms with E-state index in [-0.39, 0.29) is 18.8 Å². The lowest BCUT2D eigenvalue weighted by atomic mass is 10.2. The van der Waals surface area contributed by atoms with E-state index in [0.717, 1.165) is 11.2 Å². The number of carboxylic acid groups (broad SMARTS) is 1. The van der Waals surface area contributed by atoms with Crippen LogP contribution in [0.15, 0.2) is 6.33 Å². The van der Waals surface area contributed by atoms with Gasteiger partial charge in [0.15, 0.2) is 0 Å². The highest BCUT2D eigenvalue weighted by atomic mass is 16.4. The third kappa shape index (κ3) is 1.74. The first-order valence-electron chi connectivity index (χ1n) is 4.67. The van der Waals surface area contributed by atoms with Gasteiger partial charge in [-0.2, -0.15) is 5.10 Å². The van der Waals surface area contributed by atoms with Crippen LogP contribution >= 0.6 is 0 Å². The molecule has 86 valence electrons. The number of aromatic amines is 1. The van der Waals surface area contributed by atoms with Crippen molar-refractivity contribution in [2.24, 2.45) is 0 Å². The van der Waals surface area contributed by atoms with Gasteiger partial charge >= 0.3 is 5.97 Å². The van der Waals surface area contributed by atoms with E-state index in [0.29, 0.717) is 0 Å². The number of hydrogen-bond acceptors (Lipinski definition) is 5. The van der Waals surface area contributed by atoms with Gasteiger partial charge in [0.1, 0.15) is 12.4 Å².